The summed E-state index contributed by atoms with van der Waals surface area (Å²) in [5, 5.41) is 0. The number of thiophene rings is 1. The Kier molecular flexibility index (Phi) is 4.65. The highest BCUT2D eigenvalue weighted by atomic mass is 79.9. The van der Waals surface area contributed by atoms with Crippen molar-refractivity contribution >= 4 is 27.3 Å². The summed E-state index contributed by atoms with van der Waals surface area (Å²) in [6, 6.07) is 21.2. The second-order valence-corrected chi connectivity index (χ2v) is 7.24. The number of rotatable bonds is 4. The van der Waals surface area contributed by atoms with E-state index in [0.29, 0.717) is 0 Å². The molecule has 0 amide bonds. The molecular weight excluding hydrogens is 356 g/mol. The normalized spacial score (nSPS) is 12.1. The van der Waals surface area contributed by atoms with Crippen LogP contribution < -0.4 is 4.74 Å². The fourth-order valence-electron chi connectivity index (χ4n) is 2.32. The standard InChI is InChI=1S/C19H17BrOS/c1-13-6-8-14(9-7-13)19(20)18-11-10-17(22-18)15-4-3-5-16(12-15)21-2/h3-12,19H,1-2H3. The predicted octanol–water partition coefficient (Wildman–Crippen LogP) is 6.22. The molecule has 0 bridgehead atoms. The summed E-state index contributed by atoms with van der Waals surface area (Å²) in [4.78, 5) is 2.80. The third-order valence-corrected chi connectivity index (χ3v) is 6.12. The van der Waals surface area contributed by atoms with E-state index < -0.39 is 0 Å². The minimum Gasteiger partial charge on any atom is -0.497 e. The van der Waals surface area contributed by atoms with Crippen molar-refractivity contribution in [3.63, 3.8) is 0 Å². The van der Waals surface area contributed by atoms with Gasteiger partial charge in [0.15, 0.2) is 0 Å². The molecule has 3 aromatic rings. The lowest BCUT2D eigenvalue weighted by atomic mass is 10.1. The minimum absolute atomic E-state index is 0.234. The predicted molar refractivity (Wildman–Crippen MR) is 98.3 cm³/mol. The first-order chi connectivity index (χ1) is 10.7. The second-order valence-electron chi connectivity index (χ2n) is 5.21. The highest BCUT2D eigenvalue weighted by molar-refractivity contribution is 9.09. The van der Waals surface area contributed by atoms with Crippen molar-refractivity contribution in [3.8, 4) is 16.2 Å². The lowest BCUT2D eigenvalue weighted by Crippen LogP contribution is -1.88. The summed E-state index contributed by atoms with van der Waals surface area (Å²) in [5.41, 5.74) is 3.76. The molecule has 1 aromatic heterocycles. The third kappa shape index (κ3) is 3.26. The highest BCUT2D eigenvalue weighted by Gasteiger charge is 2.13. The van der Waals surface area contributed by atoms with Gasteiger partial charge in [-0.05, 0) is 42.3 Å². The molecule has 0 saturated carbocycles. The van der Waals surface area contributed by atoms with E-state index in [1.54, 1.807) is 7.11 Å². The van der Waals surface area contributed by atoms with E-state index in [1.807, 2.05) is 23.5 Å². The molecule has 0 aliphatic heterocycles. The summed E-state index contributed by atoms with van der Waals surface area (Å²) in [6.07, 6.45) is 0. The van der Waals surface area contributed by atoms with Gasteiger partial charge in [-0.15, -0.1) is 11.3 Å². The zero-order valence-corrected chi connectivity index (χ0v) is 14.9. The average Bonchev–Trinajstić information content (AvgIpc) is 3.05. The molecule has 3 rings (SSSR count). The number of ether oxygens (including phenoxy) is 1. The van der Waals surface area contributed by atoms with Crippen LogP contribution in [0, 0.1) is 6.92 Å². The fourth-order valence-corrected chi connectivity index (χ4v) is 4.07. The summed E-state index contributed by atoms with van der Waals surface area (Å²) in [5.74, 6) is 0.890. The van der Waals surface area contributed by atoms with Crippen LogP contribution in [0.15, 0.2) is 60.7 Å². The van der Waals surface area contributed by atoms with E-state index in [2.05, 4.69) is 71.4 Å². The number of methoxy groups -OCH3 is 1. The maximum atomic E-state index is 5.31. The zero-order valence-electron chi connectivity index (χ0n) is 12.5. The van der Waals surface area contributed by atoms with Crippen LogP contribution in [0.25, 0.3) is 10.4 Å². The molecular formula is C19H17BrOS. The number of hydrogen-bond donors (Lipinski definition) is 0. The van der Waals surface area contributed by atoms with Crippen molar-refractivity contribution in [1.29, 1.82) is 0 Å². The molecule has 22 heavy (non-hydrogen) atoms. The van der Waals surface area contributed by atoms with E-state index in [4.69, 9.17) is 4.74 Å². The number of halogens is 1. The van der Waals surface area contributed by atoms with Crippen LogP contribution >= 0.6 is 27.3 Å². The van der Waals surface area contributed by atoms with Gasteiger partial charge in [0.05, 0.1) is 11.9 Å². The molecule has 3 heteroatoms. The van der Waals surface area contributed by atoms with Crippen LogP contribution in [0.5, 0.6) is 5.75 Å². The van der Waals surface area contributed by atoms with Gasteiger partial charge in [0, 0.05) is 9.75 Å². The molecule has 1 unspecified atom stereocenters. The Morgan fingerprint density at radius 2 is 1.77 bits per heavy atom. The Hall–Kier alpha value is -1.58. The van der Waals surface area contributed by atoms with E-state index >= 15 is 0 Å². The first-order valence-corrected chi connectivity index (χ1v) is 8.85. The molecule has 1 nitrogen and oxygen atoms in total. The molecule has 1 heterocycles. The molecule has 0 N–H and O–H groups in total. The van der Waals surface area contributed by atoms with Crippen LogP contribution in [-0.2, 0) is 0 Å². The Labute approximate surface area is 143 Å². The van der Waals surface area contributed by atoms with Crippen LogP contribution in [0.2, 0.25) is 0 Å². The van der Waals surface area contributed by atoms with Gasteiger partial charge in [-0.25, -0.2) is 0 Å². The fraction of sp³-hybridized carbons (Fsp3) is 0.158. The Morgan fingerprint density at radius 1 is 1.00 bits per heavy atom. The second kappa shape index (κ2) is 6.67. The number of benzene rings is 2. The topological polar surface area (TPSA) is 9.23 Å². The van der Waals surface area contributed by atoms with Gasteiger partial charge >= 0.3 is 0 Å². The smallest absolute Gasteiger partial charge is 0.119 e. The minimum atomic E-state index is 0.234. The lowest BCUT2D eigenvalue weighted by molar-refractivity contribution is 0.415. The molecule has 0 radical (unpaired) electrons. The maximum absolute atomic E-state index is 5.31. The van der Waals surface area contributed by atoms with E-state index in [-0.39, 0.29) is 4.83 Å². The van der Waals surface area contributed by atoms with Crippen molar-refractivity contribution in [2.24, 2.45) is 0 Å². The first-order valence-electron chi connectivity index (χ1n) is 7.12. The Balaban J connectivity index is 1.88. The SMILES string of the molecule is COc1cccc(-c2ccc(C(Br)c3ccc(C)cc3)s2)c1. The van der Waals surface area contributed by atoms with E-state index in [0.717, 1.165) is 5.75 Å². The molecule has 0 spiro atoms. The number of aryl methyl sites for hydroxylation is 1. The van der Waals surface area contributed by atoms with Crippen molar-refractivity contribution < 1.29 is 4.74 Å². The largest absolute Gasteiger partial charge is 0.497 e. The molecule has 112 valence electrons. The Bertz CT molecular complexity index is 761. The maximum Gasteiger partial charge on any atom is 0.119 e. The third-order valence-electron chi connectivity index (χ3n) is 3.60. The van der Waals surface area contributed by atoms with Crippen LogP contribution in [0.1, 0.15) is 20.8 Å². The number of alkyl halides is 1. The van der Waals surface area contributed by atoms with Crippen LogP contribution in [0.3, 0.4) is 0 Å². The monoisotopic (exact) mass is 372 g/mol. The average molecular weight is 373 g/mol. The highest BCUT2D eigenvalue weighted by Crippen LogP contribution is 2.39. The number of hydrogen-bond acceptors (Lipinski definition) is 2. The van der Waals surface area contributed by atoms with Gasteiger partial charge in [-0.1, -0.05) is 57.9 Å². The Morgan fingerprint density at radius 3 is 2.50 bits per heavy atom. The van der Waals surface area contributed by atoms with Crippen molar-refractivity contribution in [2.45, 2.75) is 11.8 Å². The van der Waals surface area contributed by atoms with Crippen LogP contribution in [-0.4, -0.2) is 7.11 Å². The van der Waals surface area contributed by atoms with Gasteiger partial charge < -0.3 is 4.74 Å². The summed E-state index contributed by atoms with van der Waals surface area (Å²) in [7, 11) is 1.70. The van der Waals surface area contributed by atoms with Gasteiger partial charge in [0.2, 0.25) is 0 Å². The van der Waals surface area contributed by atoms with Gasteiger partial charge in [0.25, 0.3) is 0 Å². The van der Waals surface area contributed by atoms with Gasteiger partial charge in [0.1, 0.15) is 5.75 Å². The van der Waals surface area contributed by atoms with Crippen LogP contribution in [0.4, 0.5) is 0 Å². The summed E-state index contributed by atoms with van der Waals surface area (Å²) >= 11 is 5.63. The summed E-state index contributed by atoms with van der Waals surface area (Å²) < 4.78 is 5.31. The molecule has 1 atom stereocenters. The molecule has 0 saturated heterocycles. The van der Waals surface area contributed by atoms with Crippen molar-refractivity contribution in [3.05, 3.63) is 76.7 Å². The van der Waals surface area contributed by atoms with Gasteiger partial charge in [-0.3, -0.25) is 0 Å². The quantitative estimate of drug-likeness (QED) is 0.494. The molecule has 0 aliphatic carbocycles. The summed E-state index contributed by atoms with van der Waals surface area (Å²) in [6.45, 7) is 2.11. The zero-order chi connectivity index (χ0) is 15.5. The molecule has 0 fully saturated rings. The van der Waals surface area contributed by atoms with Crippen molar-refractivity contribution in [2.75, 3.05) is 7.11 Å². The van der Waals surface area contributed by atoms with Crippen molar-refractivity contribution in [1.82, 2.24) is 0 Å². The lowest BCUT2D eigenvalue weighted by Gasteiger charge is -2.08. The van der Waals surface area contributed by atoms with E-state index in [9.17, 15) is 0 Å². The van der Waals surface area contributed by atoms with E-state index in [1.165, 1.54) is 26.4 Å². The van der Waals surface area contributed by atoms with Gasteiger partial charge in [-0.2, -0.15) is 0 Å². The molecule has 0 aliphatic rings. The first kappa shape index (κ1) is 15.3. The molecule has 2 aromatic carbocycles.